The van der Waals surface area contributed by atoms with Crippen LogP contribution >= 0.6 is 11.6 Å². The molecule has 0 aliphatic heterocycles. The zero-order valence-electron chi connectivity index (χ0n) is 23.1. The number of amides is 1. The monoisotopic (exact) mass is 613 g/mol. The van der Waals surface area contributed by atoms with Crippen LogP contribution < -0.4 is 16.4 Å². The maximum atomic E-state index is 12.4. The molecule has 1 aromatic heterocycles. The van der Waals surface area contributed by atoms with Gasteiger partial charge in [0.2, 0.25) is 23.1 Å². The first-order chi connectivity index (χ1) is 19.0. The van der Waals surface area contributed by atoms with E-state index in [-0.39, 0.29) is 35.0 Å². The number of aromatic nitrogens is 3. The van der Waals surface area contributed by atoms with E-state index in [1.54, 1.807) is 0 Å². The summed E-state index contributed by atoms with van der Waals surface area (Å²) in [5.74, 6) is -2.95. The number of carbonyl (C=O) groups is 4. The van der Waals surface area contributed by atoms with Gasteiger partial charge < -0.3 is 16.4 Å². The maximum Gasteiger partial charge on any atom is 0.281 e. The Morgan fingerprint density at radius 1 is 1.15 bits per heavy atom. The van der Waals surface area contributed by atoms with Crippen molar-refractivity contribution >= 4 is 62.3 Å². The largest absolute Gasteiger partial charge is 0.370 e. The van der Waals surface area contributed by atoms with Crippen LogP contribution in [0, 0.1) is 16.0 Å². The Hall–Kier alpha value is -4.05. The molecule has 1 aliphatic carbocycles. The van der Waals surface area contributed by atoms with Crippen LogP contribution in [-0.2, 0) is 24.2 Å². The van der Waals surface area contributed by atoms with Crippen LogP contribution in [0.4, 0.5) is 17.6 Å². The maximum absolute atomic E-state index is 12.4. The van der Waals surface area contributed by atoms with Gasteiger partial charge in [0.25, 0.3) is 5.69 Å². The number of Topliss-reactive ketones (excluding diaryl/α,β-unsaturated/α-hetero) is 3. The molecule has 1 heterocycles. The van der Waals surface area contributed by atoms with Crippen molar-refractivity contribution in [2.24, 2.45) is 11.7 Å². The lowest BCUT2D eigenvalue weighted by molar-refractivity contribution is -0.385. The smallest absolute Gasteiger partial charge is 0.281 e. The van der Waals surface area contributed by atoms with Crippen molar-refractivity contribution < 1.29 is 32.5 Å². The molecule has 17 heteroatoms. The Labute approximate surface area is 241 Å². The number of hydrogen-bond acceptors (Lipinski definition) is 13. The van der Waals surface area contributed by atoms with Gasteiger partial charge in [-0.1, -0.05) is 0 Å². The highest BCUT2D eigenvalue weighted by Crippen LogP contribution is 2.28. The fraction of sp³-hybridized carbons (Fsp3) is 0.458. The molecule has 2 aromatic rings. The predicted octanol–water partition coefficient (Wildman–Crippen LogP) is 2.39. The average molecular weight is 614 g/mol. The lowest BCUT2D eigenvalue weighted by atomic mass is 9.81. The highest BCUT2D eigenvalue weighted by molar-refractivity contribution is 7.90. The second kappa shape index (κ2) is 15.7. The molecule has 1 fully saturated rings. The Kier molecular flexibility index (Phi) is 13.4. The molecule has 15 nitrogen and oxygen atoms in total. The summed E-state index contributed by atoms with van der Waals surface area (Å²) in [5.41, 5.74) is 3.31. The SMILES string of the molecule is CC(N)=O.CCNc1nc(Cl)nc(NC(C)C)n1.CS(=O)(=O)c1ccc(C(=O)C2C(=O)CCCC2=O)c([N+](=O)[O-])c1. The summed E-state index contributed by atoms with van der Waals surface area (Å²) in [5, 5.41) is 17.4. The third-order valence-electron chi connectivity index (χ3n) is 4.97. The van der Waals surface area contributed by atoms with E-state index in [0.29, 0.717) is 18.3 Å². The summed E-state index contributed by atoms with van der Waals surface area (Å²) in [7, 11) is -3.70. The van der Waals surface area contributed by atoms with Crippen molar-refractivity contribution in [2.75, 3.05) is 23.4 Å². The van der Waals surface area contributed by atoms with E-state index in [1.807, 2.05) is 20.8 Å². The zero-order chi connectivity index (χ0) is 31.5. The number of nitro benzene ring substituents is 1. The molecule has 4 N–H and O–H groups in total. The number of nitrogens with two attached hydrogens (primary N) is 1. The normalized spacial score (nSPS) is 13.3. The molecule has 0 unspecified atom stereocenters. The van der Waals surface area contributed by atoms with Gasteiger partial charge in [0.05, 0.1) is 15.4 Å². The fourth-order valence-corrected chi connectivity index (χ4v) is 4.17. The van der Waals surface area contributed by atoms with Gasteiger partial charge in [-0.3, -0.25) is 29.3 Å². The summed E-state index contributed by atoms with van der Waals surface area (Å²) in [6.07, 6.45) is 1.37. The second-order valence-corrected chi connectivity index (χ2v) is 11.3. The number of nitrogens with zero attached hydrogens (tertiary/aromatic N) is 4. The lowest BCUT2D eigenvalue weighted by Crippen LogP contribution is -2.35. The summed E-state index contributed by atoms with van der Waals surface area (Å²) >= 11 is 5.73. The van der Waals surface area contributed by atoms with Crippen molar-refractivity contribution in [2.45, 2.75) is 57.9 Å². The van der Waals surface area contributed by atoms with Gasteiger partial charge in [-0.15, -0.1) is 0 Å². The molecule has 1 amide bonds. The fourth-order valence-electron chi connectivity index (χ4n) is 3.36. The van der Waals surface area contributed by atoms with Crippen molar-refractivity contribution in [3.8, 4) is 0 Å². The Balaban J connectivity index is 0.000000396. The Bertz CT molecular complexity index is 1400. The summed E-state index contributed by atoms with van der Waals surface area (Å²) in [6.45, 7) is 8.03. The third-order valence-corrected chi connectivity index (χ3v) is 6.25. The highest BCUT2D eigenvalue weighted by atomic mass is 35.5. The van der Waals surface area contributed by atoms with Crippen LogP contribution in [0.2, 0.25) is 5.28 Å². The van der Waals surface area contributed by atoms with E-state index in [0.717, 1.165) is 31.0 Å². The quantitative estimate of drug-likeness (QED) is 0.168. The second-order valence-electron chi connectivity index (χ2n) is 8.98. The summed E-state index contributed by atoms with van der Waals surface area (Å²) < 4.78 is 23.0. The predicted molar refractivity (Wildman–Crippen MR) is 151 cm³/mol. The van der Waals surface area contributed by atoms with Gasteiger partial charge in [-0.25, -0.2) is 8.42 Å². The van der Waals surface area contributed by atoms with Crippen LogP contribution in [0.25, 0.3) is 0 Å². The van der Waals surface area contributed by atoms with Gasteiger partial charge in [0.15, 0.2) is 27.2 Å². The Morgan fingerprint density at radius 3 is 2.15 bits per heavy atom. The molecule has 0 spiro atoms. The number of anilines is 2. The van der Waals surface area contributed by atoms with Gasteiger partial charge in [-0.05, 0) is 50.9 Å². The molecule has 0 saturated heterocycles. The van der Waals surface area contributed by atoms with E-state index in [4.69, 9.17) is 11.6 Å². The van der Waals surface area contributed by atoms with Crippen LogP contribution in [0.5, 0.6) is 0 Å². The number of primary amides is 1. The molecule has 41 heavy (non-hydrogen) atoms. The number of ketones is 3. The third kappa shape index (κ3) is 11.5. The minimum absolute atomic E-state index is 0.0668. The first kappa shape index (κ1) is 35.0. The minimum Gasteiger partial charge on any atom is -0.370 e. The number of halogens is 1. The molecular weight excluding hydrogens is 582 g/mol. The van der Waals surface area contributed by atoms with Gasteiger partial charge in [-0.2, -0.15) is 15.0 Å². The topological polar surface area (TPSA) is 234 Å². The number of nitrogens with one attached hydrogen (secondary N) is 2. The number of benzene rings is 1. The van der Waals surface area contributed by atoms with Crippen LogP contribution in [-0.4, -0.2) is 70.4 Å². The standard InChI is InChI=1S/C14H13NO7S.C8H14ClN5.C2H5NO/c1-23(21,22)8-5-6-9(10(7-8)15(19)20)14(18)13-11(16)3-2-4-12(13)17;1-4-10-7-12-6(9)13-8(14-7)11-5(2)3;1-2(3)4/h5-7,13H,2-4H2,1H3;5H,4H2,1-3H3,(H2,10,11,12,13,14);1H3,(H2,3,4). The summed E-state index contributed by atoms with van der Waals surface area (Å²) in [4.78, 5) is 67.2. The number of nitro groups is 1. The number of carbonyl (C=O) groups excluding carboxylic acids is 4. The van der Waals surface area contributed by atoms with Gasteiger partial charge >= 0.3 is 0 Å². The van der Waals surface area contributed by atoms with E-state index < -0.39 is 49.3 Å². The van der Waals surface area contributed by atoms with E-state index in [9.17, 15) is 37.7 Å². The van der Waals surface area contributed by atoms with E-state index in [2.05, 4.69) is 31.3 Å². The molecule has 0 atom stereocenters. The lowest BCUT2D eigenvalue weighted by Gasteiger charge is -2.18. The Morgan fingerprint density at radius 2 is 1.68 bits per heavy atom. The van der Waals surface area contributed by atoms with Crippen LogP contribution in [0.3, 0.4) is 0 Å². The molecule has 224 valence electrons. The number of sulfone groups is 1. The van der Waals surface area contributed by atoms with Crippen molar-refractivity contribution in [3.05, 3.63) is 39.2 Å². The molecule has 1 aliphatic rings. The van der Waals surface area contributed by atoms with E-state index in [1.165, 1.54) is 6.92 Å². The van der Waals surface area contributed by atoms with Crippen LogP contribution in [0.1, 0.15) is 57.3 Å². The van der Waals surface area contributed by atoms with Crippen molar-refractivity contribution in [1.29, 1.82) is 0 Å². The van der Waals surface area contributed by atoms with E-state index >= 15 is 0 Å². The van der Waals surface area contributed by atoms with Crippen LogP contribution in [0.15, 0.2) is 23.1 Å². The van der Waals surface area contributed by atoms with Gasteiger partial charge in [0.1, 0.15) is 5.92 Å². The molecule has 1 aromatic carbocycles. The zero-order valence-corrected chi connectivity index (χ0v) is 24.7. The van der Waals surface area contributed by atoms with Crippen molar-refractivity contribution in [1.82, 2.24) is 15.0 Å². The van der Waals surface area contributed by atoms with Gasteiger partial charge in [0, 0.05) is 44.7 Å². The number of rotatable bonds is 8. The highest BCUT2D eigenvalue weighted by Gasteiger charge is 2.39. The molecular formula is C24H32ClN7O8S. The number of hydrogen-bond donors (Lipinski definition) is 3. The first-order valence-electron chi connectivity index (χ1n) is 12.2. The molecule has 1 saturated carbocycles. The minimum atomic E-state index is -3.70. The molecule has 3 rings (SSSR count). The average Bonchev–Trinajstić information content (AvgIpc) is 2.82. The molecule has 0 radical (unpaired) electrons. The van der Waals surface area contributed by atoms with Crippen molar-refractivity contribution in [3.63, 3.8) is 0 Å². The summed E-state index contributed by atoms with van der Waals surface area (Å²) in [6, 6.07) is 3.06. The first-order valence-corrected chi connectivity index (χ1v) is 14.5. The molecule has 0 bridgehead atoms.